The normalized spacial score (nSPS) is 22.0. The molecule has 0 aromatic carbocycles. The highest BCUT2D eigenvalue weighted by Crippen LogP contribution is 2.30. The van der Waals surface area contributed by atoms with E-state index >= 15 is 0 Å². The van der Waals surface area contributed by atoms with E-state index in [0.29, 0.717) is 6.04 Å². The molecule has 0 bridgehead atoms. The zero-order chi connectivity index (χ0) is 16.4. The average Bonchev–Trinajstić information content (AvgIpc) is 2.55. The van der Waals surface area contributed by atoms with Crippen LogP contribution in [0.1, 0.15) is 73.1 Å². The summed E-state index contributed by atoms with van der Waals surface area (Å²) in [5.41, 5.74) is 5.06. The van der Waals surface area contributed by atoms with E-state index in [2.05, 4.69) is 56.6 Å². The number of likely N-dealkylation sites (N-methyl/N-ethyl adjacent to an activating group) is 1. The van der Waals surface area contributed by atoms with Gasteiger partial charge in [0.2, 0.25) is 0 Å². The van der Waals surface area contributed by atoms with Crippen molar-refractivity contribution in [3.63, 3.8) is 0 Å². The molecule has 1 aliphatic rings. The first-order valence-corrected chi connectivity index (χ1v) is 9.42. The fourth-order valence-electron chi connectivity index (χ4n) is 3.30. The number of nitrogens with zero attached hydrogens (tertiary/aromatic N) is 1. The number of rotatable bonds is 9. The molecule has 0 aromatic heterocycles. The molecule has 2 nitrogen and oxygen atoms in total. The van der Waals surface area contributed by atoms with Crippen molar-refractivity contribution in [1.82, 2.24) is 10.2 Å². The highest BCUT2D eigenvalue weighted by atomic mass is 15.2. The summed E-state index contributed by atoms with van der Waals surface area (Å²) in [6.07, 6.45) is 10.1. The van der Waals surface area contributed by atoms with E-state index in [-0.39, 0.29) is 5.41 Å². The monoisotopic (exact) mass is 306 g/mol. The van der Waals surface area contributed by atoms with Gasteiger partial charge in [-0.15, -0.1) is 5.73 Å². The van der Waals surface area contributed by atoms with Gasteiger partial charge in [0.1, 0.15) is 0 Å². The maximum Gasteiger partial charge on any atom is 0.0195 e. The fourth-order valence-corrected chi connectivity index (χ4v) is 3.30. The first-order valence-electron chi connectivity index (χ1n) is 9.42. The Morgan fingerprint density at radius 2 is 2.09 bits per heavy atom. The molecule has 2 atom stereocenters. The van der Waals surface area contributed by atoms with Crippen molar-refractivity contribution in [2.75, 3.05) is 26.2 Å². The van der Waals surface area contributed by atoms with Crippen LogP contribution in [-0.2, 0) is 0 Å². The van der Waals surface area contributed by atoms with Crippen LogP contribution in [0.2, 0.25) is 0 Å². The van der Waals surface area contributed by atoms with E-state index < -0.39 is 0 Å². The Morgan fingerprint density at radius 1 is 1.32 bits per heavy atom. The zero-order valence-corrected chi connectivity index (χ0v) is 15.7. The Morgan fingerprint density at radius 3 is 2.68 bits per heavy atom. The molecule has 2 heteroatoms. The standard InChI is InChI=1S/C20H38N2/c1-6-9-13-20(7-2,14-12-18(4)5)17-21-19-11-10-15-22(8-3)16-19/h14,19,21H,6-11,13,15-17H2,1-5H3/t19-,20-/m0/s1. The van der Waals surface area contributed by atoms with E-state index in [9.17, 15) is 0 Å². The topological polar surface area (TPSA) is 15.3 Å². The van der Waals surface area contributed by atoms with Gasteiger partial charge < -0.3 is 10.2 Å². The lowest BCUT2D eigenvalue weighted by atomic mass is 9.79. The second-order valence-electron chi connectivity index (χ2n) is 7.22. The number of hydrogen-bond donors (Lipinski definition) is 1. The zero-order valence-electron chi connectivity index (χ0n) is 15.7. The third kappa shape index (κ3) is 6.69. The van der Waals surface area contributed by atoms with E-state index in [1.54, 1.807) is 0 Å². The highest BCUT2D eigenvalue weighted by Gasteiger charge is 2.27. The highest BCUT2D eigenvalue weighted by molar-refractivity contribution is 5.04. The van der Waals surface area contributed by atoms with Crippen LogP contribution < -0.4 is 5.32 Å². The second kappa shape index (κ2) is 10.3. The Balaban J connectivity index is 2.68. The number of unbranched alkanes of at least 4 members (excludes halogenated alkanes) is 1. The van der Waals surface area contributed by atoms with Gasteiger partial charge in [0.25, 0.3) is 0 Å². The predicted molar refractivity (Wildman–Crippen MR) is 98.3 cm³/mol. The Kier molecular flexibility index (Phi) is 9.09. The predicted octanol–water partition coefficient (Wildman–Crippen LogP) is 4.77. The molecule has 0 radical (unpaired) electrons. The molecule has 0 aromatic rings. The molecule has 128 valence electrons. The molecule has 1 heterocycles. The van der Waals surface area contributed by atoms with Crippen LogP contribution in [0.3, 0.4) is 0 Å². The molecule has 1 saturated heterocycles. The summed E-state index contributed by atoms with van der Waals surface area (Å²) in [7, 11) is 0. The Hall–Kier alpha value is -0.560. The van der Waals surface area contributed by atoms with Crippen LogP contribution >= 0.6 is 0 Å². The molecule has 0 amide bonds. The molecule has 1 aliphatic heterocycles. The first kappa shape index (κ1) is 19.5. The summed E-state index contributed by atoms with van der Waals surface area (Å²) >= 11 is 0. The van der Waals surface area contributed by atoms with Crippen molar-refractivity contribution in [3.05, 3.63) is 17.4 Å². The van der Waals surface area contributed by atoms with Crippen molar-refractivity contribution in [2.45, 2.75) is 79.2 Å². The molecule has 1 N–H and O–H groups in total. The lowest BCUT2D eigenvalue weighted by molar-refractivity contribution is 0.184. The summed E-state index contributed by atoms with van der Waals surface area (Å²) in [5, 5.41) is 3.89. The number of likely N-dealkylation sites (tertiary alicyclic amines) is 1. The lowest BCUT2D eigenvalue weighted by Crippen LogP contribution is -2.48. The largest absolute Gasteiger partial charge is 0.312 e. The molecule has 1 rings (SSSR count). The van der Waals surface area contributed by atoms with Gasteiger partial charge >= 0.3 is 0 Å². The van der Waals surface area contributed by atoms with Gasteiger partial charge in [-0.3, -0.25) is 0 Å². The quantitative estimate of drug-likeness (QED) is 0.617. The van der Waals surface area contributed by atoms with Crippen LogP contribution in [0.25, 0.3) is 0 Å². The van der Waals surface area contributed by atoms with Crippen molar-refractivity contribution >= 4 is 0 Å². The minimum Gasteiger partial charge on any atom is -0.312 e. The summed E-state index contributed by atoms with van der Waals surface area (Å²) < 4.78 is 0. The molecule has 0 spiro atoms. The van der Waals surface area contributed by atoms with Gasteiger partial charge in [0.15, 0.2) is 0 Å². The van der Waals surface area contributed by atoms with E-state index in [0.717, 1.165) is 6.54 Å². The van der Waals surface area contributed by atoms with E-state index in [1.807, 2.05) is 0 Å². The molecule has 1 fully saturated rings. The first-order chi connectivity index (χ1) is 10.5. The van der Waals surface area contributed by atoms with Crippen molar-refractivity contribution in [1.29, 1.82) is 0 Å². The molecule has 22 heavy (non-hydrogen) atoms. The Labute approximate surface area is 139 Å². The molecular weight excluding hydrogens is 268 g/mol. The molecule has 0 aliphatic carbocycles. The SMILES string of the molecule is CCCC[C@](C=C=C(C)C)(CC)CN[C@H]1CCCN(CC)C1. The molecule has 0 unspecified atom stereocenters. The smallest absolute Gasteiger partial charge is 0.0195 e. The van der Waals surface area contributed by atoms with Crippen molar-refractivity contribution < 1.29 is 0 Å². The summed E-state index contributed by atoms with van der Waals surface area (Å²) in [6.45, 7) is 16.0. The van der Waals surface area contributed by atoms with Crippen molar-refractivity contribution in [2.24, 2.45) is 5.41 Å². The van der Waals surface area contributed by atoms with Crippen LogP contribution in [-0.4, -0.2) is 37.1 Å². The van der Waals surface area contributed by atoms with Crippen LogP contribution in [0.15, 0.2) is 17.4 Å². The average molecular weight is 307 g/mol. The van der Waals surface area contributed by atoms with Gasteiger partial charge in [0.05, 0.1) is 0 Å². The van der Waals surface area contributed by atoms with Gasteiger partial charge in [-0.1, -0.05) is 33.6 Å². The Bertz CT molecular complexity index is 364. The third-order valence-electron chi connectivity index (χ3n) is 5.09. The summed E-state index contributed by atoms with van der Waals surface area (Å²) in [5.74, 6) is 0. The lowest BCUT2D eigenvalue weighted by Gasteiger charge is -2.36. The van der Waals surface area contributed by atoms with Gasteiger partial charge in [-0.2, -0.15) is 0 Å². The minimum atomic E-state index is 0.280. The van der Waals surface area contributed by atoms with E-state index in [1.165, 1.54) is 63.7 Å². The van der Waals surface area contributed by atoms with Crippen LogP contribution in [0.4, 0.5) is 0 Å². The van der Waals surface area contributed by atoms with E-state index in [4.69, 9.17) is 0 Å². The maximum atomic E-state index is 3.89. The summed E-state index contributed by atoms with van der Waals surface area (Å²) in [4.78, 5) is 2.58. The van der Waals surface area contributed by atoms with Gasteiger partial charge in [-0.25, -0.2) is 0 Å². The fraction of sp³-hybridized carbons (Fsp3) is 0.850. The third-order valence-corrected chi connectivity index (χ3v) is 5.09. The van der Waals surface area contributed by atoms with Crippen LogP contribution in [0.5, 0.6) is 0 Å². The number of nitrogens with one attached hydrogen (secondary N) is 1. The number of hydrogen-bond acceptors (Lipinski definition) is 2. The second-order valence-corrected chi connectivity index (χ2v) is 7.22. The summed E-state index contributed by atoms with van der Waals surface area (Å²) in [6, 6.07) is 0.668. The van der Waals surface area contributed by atoms with Gasteiger partial charge in [-0.05, 0) is 64.3 Å². The number of piperidine rings is 1. The molecule has 0 saturated carbocycles. The van der Waals surface area contributed by atoms with Gasteiger partial charge in [0, 0.05) is 24.5 Å². The van der Waals surface area contributed by atoms with Crippen LogP contribution in [0, 0.1) is 5.41 Å². The maximum absolute atomic E-state index is 3.89. The minimum absolute atomic E-state index is 0.280. The van der Waals surface area contributed by atoms with Crippen molar-refractivity contribution in [3.8, 4) is 0 Å². The molecular formula is C20H38N2.